The van der Waals surface area contributed by atoms with Crippen molar-refractivity contribution >= 4 is 14.2 Å². The molecule has 0 saturated carbocycles. The van der Waals surface area contributed by atoms with E-state index in [2.05, 4.69) is 46.9 Å². The smallest absolute Gasteiger partial charge is 0.223 e. The summed E-state index contributed by atoms with van der Waals surface area (Å²) < 4.78 is 12.2. The third-order valence-corrected chi connectivity index (χ3v) is 11.7. The van der Waals surface area contributed by atoms with E-state index in [1.54, 1.807) is 4.90 Å². The average Bonchev–Trinajstić information content (AvgIpc) is 2.80. The number of unbranched alkanes of at least 4 members (excludes halogenated alkanes) is 7. The van der Waals surface area contributed by atoms with Crippen molar-refractivity contribution in [2.24, 2.45) is 0 Å². The van der Waals surface area contributed by atoms with Gasteiger partial charge in [-0.15, -0.1) is 0 Å². The van der Waals surface area contributed by atoms with Crippen LogP contribution in [-0.2, 0) is 15.6 Å². The van der Waals surface area contributed by atoms with E-state index in [9.17, 15) is 9.90 Å². The van der Waals surface area contributed by atoms with Crippen LogP contribution in [0.4, 0.5) is 0 Å². The molecule has 1 rings (SSSR count). The van der Waals surface area contributed by atoms with Crippen molar-refractivity contribution in [3.05, 3.63) is 29.8 Å². The molecule has 1 aromatic rings. The Morgan fingerprint density at radius 1 is 0.971 bits per heavy atom. The van der Waals surface area contributed by atoms with Crippen molar-refractivity contribution in [3.63, 3.8) is 0 Å². The predicted molar refractivity (Wildman–Crippen MR) is 150 cm³/mol. The minimum atomic E-state index is -1.85. The third-order valence-electron chi connectivity index (χ3n) is 7.15. The lowest BCUT2D eigenvalue weighted by molar-refractivity contribution is -0.132. The minimum Gasteiger partial charge on any atom is -0.494 e. The number of rotatable bonds is 19. The molecule has 0 aromatic heterocycles. The summed E-state index contributed by atoms with van der Waals surface area (Å²) in [6.45, 7) is 15.4. The molecule has 0 atom stereocenters. The molecule has 35 heavy (non-hydrogen) atoms. The molecule has 0 fully saturated rings. The molecule has 0 aliphatic heterocycles. The van der Waals surface area contributed by atoms with Crippen molar-refractivity contribution in [3.8, 4) is 5.75 Å². The first-order chi connectivity index (χ1) is 16.6. The number of aliphatic hydroxyl groups is 1. The maximum Gasteiger partial charge on any atom is 0.223 e. The van der Waals surface area contributed by atoms with Gasteiger partial charge >= 0.3 is 0 Å². The van der Waals surface area contributed by atoms with Crippen LogP contribution in [0.1, 0.15) is 91.0 Å². The van der Waals surface area contributed by atoms with E-state index in [1.165, 1.54) is 44.9 Å². The van der Waals surface area contributed by atoms with Gasteiger partial charge in [0.25, 0.3) is 0 Å². The first kappa shape index (κ1) is 31.7. The Balaban J connectivity index is 2.39. The Kier molecular flexibility index (Phi) is 15.5. The summed E-state index contributed by atoms with van der Waals surface area (Å²) in [5.41, 5.74) is 1.10. The summed E-state index contributed by atoms with van der Waals surface area (Å²) in [5, 5.41) is 9.58. The molecular weight excluding hydrogens is 454 g/mol. The molecule has 1 aromatic carbocycles. The molecule has 0 radical (unpaired) electrons. The summed E-state index contributed by atoms with van der Waals surface area (Å²) in [4.78, 5) is 14.6. The quantitative estimate of drug-likeness (QED) is 0.162. The number of aryl methyl sites for hydroxylation is 1. The van der Waals surface area contributed by atoms with Gasteiger partial charge in [-0.2, -0.15) is 0 Å². The second-order valence-corrected chi connectivity index (χ2v) is 16.0. The van der Waals surface area contributed by atoms with E-state index < -0.39 is 8.32 Å². The zero-order valence-electron chi connectivity index (χ0n) is 23.5. The number of carbonyl (C=O) groups excluding carboxylic acids is 1. The fourth-order valence-corrected chi connectivity index (χ4v) is 4.77. The van der Waals surface area contributed by atoms with E-state index in [0.29, 0.717) is 32.5 Å². The van der Waals surface area contributed by atoms with Gasteiger partial charge in [-0.3, -0.25) is 4.79 Å². The molecule has 0 aliphatic rings. The van der Waals surface area contributed by atoms with Crippen LogP contribution in [0, 0.1) is 0 Å². The van der Waals surface area contributed by atoms with Crippen molar-refractivity contribution in [1.29, 1.82) is 0 Å². The number of aliphatic hydroxyl groups excluding tert-OH is 1. The van der Waals surface area contributed by atoms with E-state index >= 15 is 0 Å². The number of hydrogen-bond acceptors (Lipinski definition) is 4. The average molecular weight is 508 g/mol. The van der Waals surface area contributed by atoms with Crippen LogP contribution < -0.4 is 4.74 Å². The zero-order chi connectivity index (χ0) is 26.2. The van der Waals surface area contributed by atoms with Crippen molar-refractivity contribution < 1.29 is 19.1 Å². The number of ether oxygens (including phenoxy) is 1. The van der Waals surface area contributed by atoms with Gasteiger partial charge in [0.1, 0.15) is 5.75 Å². The molecule has 1 amide bonds. The fraction of sp³-hybridized carbons (Fsp3) is 0.759. The van der Waals surface area contributed by atoms with Gasteiger partial charge < -0.3 is 19.2 Å². The Morgan fingerprint density at radius 2 is 1.63 bits per heavy atom. The van der Waals surface area contributed by atoms with Gasteiger partial charge in [-0.1, -0.05) is 84.8 Å². The summed E-state index contributed by atoms with van der Waals surface area (Å²) in [7, 11) is -1.85. The molecular formula is C29H53NO4Si. The Bertz CT molecular complexity index is 702. The molecule has 0 heterocycles. The molecule has 5 nitrogen and oxygen atoms in total. The van der Waals surface area contributed by atoms with E-state index in [4.69, 9.17) is 9.16 Å². The lowest BCUT2D eigenvalue weighted by Crippen LogP contribution is -2.44. The molecule has 6 heteroatoms. The SMILES string of the molecule is CCCCCCCCCCOc1cccc(CCC(=O)N(CCO)CCO[Si](C)(C)C(C)(C)C)c1. The van der Waals surface area contributed by atoms with Gasteiger partial charge in [0.2, 0.25) is 5.91 Å². The Labute approximate surface area is 216 Å². The first-order valence-electron chi connectivity index (χ1n) is 13.8. The lowest BCUT2D eigenvalue weighted by atomic mass is 10.1. The van der Waals surface area contributed by atoms with Crippen molar-refractivity contribution in [2.45, 2.75) is 110 Å². The van der Waals surface area contributed by atoms with Crippen LogP contribution in [0.5, 0.6) is 5.75 Å². The predicted octanol–water partition coefficient (Wildman–Crippen LogP) is 6.98. The second kappa shape index (κ2) is 17.1. The molecule has 0 spiro atoms. The van der Waals surface area contributed by atoms with E-state index in [1.807, 2.05) is 18.2 Å². The van der Waals surface area contributed by atoms with Crippen LogP contribution >= 0.6 is 0 Å². The van der Waals surface area contributed by atoms with Crippen LogP contribution in [0.3, 0.4) is 0 Å². The summed E-state index contributed by atoms with van der Waals surface area (Å²) in [6, 6.07) is 8.09. The van der Waals surface area contributed by atoms with Gasteiger partial charge in [-0.05, 0) is 48.7 Å². The molecule has 0 unspecified atom stereocenters. The van der Waals surface area contributed by atoms with Gasteiger partial charge in [0, 0.05) is 19.5 Å². The van der Waals surface area contributed by atoms with E-state index in [-0.39, 0.29) is 17.6 Å². The lowest BCUT2D eigenvalue weighted by Gasteiger charge is -2.36. The molecule has 0 bridgehead atoms. The number of benzene rings is 1. The topological polar surface area (TPSA) is 59.0 Å². The number of hydrogen-bond donors (Lipinski definition) is 1. The summed E-state index contributed by atoms with van der Waals surface area (Å²) >= 11 is 0. The van der Waals surface area contributed by atoms with Crippen LogP contribution in [0.15, 0.2) is 24.3 Å². The molecule has 0 saturated heterocycles. The number of nitrogens with zero attached hydrogens (tertiary/aromatic N) is 1. The number of carbonyl (C=O) groups is 1. The van der Waals surface area contributed by atoms with Gasteiger partial charge in [-0.25, -0.2) is 0 Å². The minimum absolute atomic E-state index is 0.0338. The molecule has 0 aliphatic carbocycles. The van der Waals surface area contributed by atoms with Crippen LogP contribution in [0.25, 0.3) is 0 Å². The largest absolute Gasteiger partial charge is 0.494 e. The van der Waals surface area contributed by atoms with Crippen LogP contribution in [-0.4, -0.2) is 57.1 Å². The Morgan fingerprint density at radius 3 is 2.26 bits per heavy atom. The van der Waals surface area contributed by atoms with Crippen LogP contribution in [0.2, 0.25) is 18.1 Å². The van der Waals surface area contributed by atoms with Gasteiger partial charge in [0.05, 0.1) is 19.8 Å². The molecule has 1 N–H and O–H groups in total. The van der Waals surface area contributed by atoms with Crippen molar-refractivity contribution in [1.82, 2.24) is 4.90 Å². The first-order valence-corrected chi connectivity index (χ1v) is 16.8. The number of amides is 1. The highest BCUT2D eigenvalue weighted by molar-refractivity contribution is 6.74. The second-order valence-electron chi connectivity index (χ2n) is 11.2. The van der Waals surface area contributed by atoms with E-state index in [0.717, 1.165) is 24.3 Å². The highest BCUT2D eigenvalue weighted by Gasteiger charge is 2.37. The van der Waals surface area contributed by atoms with Gasteiger partial charge in [0.15, 0.2) is 8.32 Å². The summed E-state index contributed by atoms with van der Waals surface area (Å²) in [5.74, 6) is 0.941. The zero-order valence-corrected chi connectivity index (χ0v) is 24.5. The van der Waals surface area contributed by atoms with Crippen molar-refractivity contribution in [2.75, 3.05) is 32.9 Å². The fourth-order valence-electron chi connectivity index (χ4n) is 3.74. The summed E-state index contributed by atoms with van der Waals surface area (Å²) in [6.07, 6.45) is 11.4. The monoisotopic (exact) mass is 507 g/mol. The highest BCUT2D eigenvalue weighted by atomic mass is 28.4. The molecule has 202 valence electrons. The standard InChI is InChI=1S/C29H53NO4Si/c1-7-8-9-10-11-12-13-14-23-33-27-17-15-16-26(25-27)18-19-28(32)30(20-22-31)21-24-34-35(5,6)29(2,3)4/h15-17,25,31H,7-14,18-24H2,1-6H3. The Hall–Kier alpha value is -1.37. The highest BCUT2D eigenvalue weighted by Crippen LogP contribution is 2.36. The third kappa shape index (κ3) is 13.5. The maximum absolute atomic E-state index is 12.8. The normalized spacial score (nSPS) is 12.1. The maximum atomic E-state index is 12.8.